The quantitative estimate of drug-likeness (QED) is 0.781. The maximum absolute atomic E-state index is 5.48. The lowest BCUT2D eigenvalue weighted by Gasteiger charge is -2.21. The first-order valence-corrected chi connectivity index (χ1v) is 7.89. The van der Waals surface area contributed by atoms with Crippen molar-refractivity contribution in [3.63, 3.8) is 0 Å². The lowest BCUT2D eigenvalue weighted by molar-refractivity contribution is 0.152. The SMILES string of the molecule is COC[C@H](N[C@H](C)c1ccc(SC)cc1)c1ccco1. The van der Waals surface area contributed by atoms with E-state index in [9.17, 15) is 0 Å². The van der Waals surface area contributed by atoms with Crippen molar-refractivity contribution in [3.8, 4) is 0 Å². The number of methoxy groups -OCH3 is 1. The molecule has 2 rings (SSSR count). The van der Waals surface area contributed by atoms with Crippen molar-refractivity contribution in [1.82, 2.24) is 5.32 Å². The van der Waals surface area contributed by atoms with E-state index >= 15 is 0 Å². The topological polar surface area (TPSA) is 34.4 Å². The monoisotopic (exact) mass is 291 g/mol. The highest BCUT2D eigenvalue weighted by molar-refractivity contribution is 7.98. The Kier molecular flexibility index (Phi) is 5.71. The molecule has 0 fully saturated rings. The molecule has 20 heavy (non-hydrogen) atoms. The summed E-state index contributed by atoms with van der Waals surface area (Å²) in [6, 6.07) is 12.8. The van der Waals surface area contributed by atoms with Gasteiger partial charge in [0.05, 0.1) is 18.9 Å². The maximum Gasteiger partial charge on any atom is 0.123 e. The highest BCUT2D eigenvalue weighted by Crippen LogP contribution is 2.22. The van der Waals surface area contributed by atoms with Crippen molar-refractivity contribution < 1.29 is 9.15 Å². The molecule has 0 saturated carbocycles. The van der Waals surface area contributed by atoms with Gasteiger partial charge in [0.1, 0.15) is 5.76 Å². The largest absolute Gasteiger partial charge is 0.468 e. The van der Waals surface area contributed by atoms with Crippen LogP contribution in [-0.4, -0.2) is 20.0 Å². The normalized spacial score (nSPS) is 14.2. The van der Waals surface area contributed by atoms with E-state index in [1.54, 1.807) is 25.1 Å². The second-order valence-corrected chi connectivity index (χ2v) is 5.56. The fraction of sp³-hybridized carbons (Fsp3) is 0.375. The zero-order valence-electron chi connectivity index (χ0n) is 12.1. The van der Waals surface area contributed by atoms with Crippen molar-refractivity contribution in [1.29, 1.82) is 0 Å². The minimum atomic E-state index is 0.0604. The third-order valence-corrected chi connectivity index (χ3v) is 4.03. The third-order valence-electron chi connectivity index (χ3n) is 3.29. The average molecular weight is 291 g/mol. The van der Waals surface area contributed by atoms with Crippen LogP contribution in [0, 0.1) is 0 Å². The standard InChI is InChI=1S/C16H21NO2S/c1-12(13-6-8-14(20-3)9-7-13)17-15(11-18-2)16-5-4-10-19-16/h4-10,12,15,17H,11H2,1-3H3/t12-,15+/m1/s1. The lowest BCUT2D eigenvalue weighted by atomic mass is 10.1. The number of furan rings is 1. The highest BCUT2D eigenvalue weighted by Gasteiger charge is 2.17. The summed E-state index contributed by atoms with van der Waals surface area (Å²) in [5, 5.41) is 3.55. The Bertz CT molecular complexity index is 496. The lowest BCUT2D eigenvalue weighted by Crippen LogP contribution is -2.27. The van der Waals surface area contributed by atoms with E-state index in [1.807, 2.05) is 12.1 Å². The minimum Gasteiger partial charge on any atom is -0.468 e. The van der Waals surface area contributed by atoms with Crippen LogP contribution in [0.2, 0.25) is 0 Å². The van der Waals surface area contributed by atoms with Gasteiger partial charge in [-0.3, -0.25) is 5.32 Å². The van der Waals surface area contributed by atoms with Gasteiger partial charge in [-0.05, 0) is 43.0 Å². The van der Waals surface area contributed by atoms with Crippen LogP contribution in [0.3, 0.4) is 0 Å². The number of thioether (sulfide) groups is 1. The number of nitrogens with one attached hydrogen (secondary N) is 1. The third kappa shape index (κ3) is 3.88. The van der Waals surface area contributed by atoms with Crippen LogP contribution in [0.5, 0.6) is 0 Å². The molecule has 4 heteroatoms. The molecule has 0 aliphatic heterocycles. The smallest absolute Gasteiger partial charge is 0.123 e. The van der Waals surface area contributed by atoms with Crippen molar-refractivity contribution >= 4 is 11.8 Å². The van der Waals surface area contributed by atoms with Gasteiger partial charge in [0.15, 0.2) is 0 Å². The minimum absolute atomic E-state index is 0.0604. The van der Waals surface area contributed by atoms with Gasteiger partial charge in [-0.1, -0.05) is 12.1 Å². The van der Waals surface area contributed by atoms with E-state index in [-0.39, 0.29) is 12.1 Å². The van der Waals surface area contributed by atoms with Crippen LogP contribution in [0.25, 0.3) is 0 Å². The molecule has 0 saturated heterocycles. The molecule has 0 aliphatic carbocycles. The van der Waals surface area contributed by atoms with Crippen LogP contribution >= 0.6 is 11.8 Å². The summed E-state index contributed by atoms with van der Waals surface area (Å²) in [6.45, 7) is 2.74. The van der Waals surface area contributed by atoms with Crippen molar-refractivity contribution in [2.75, 3.05) is 20.0 Å². The Labute approximate surface area is 124 Å². The molecule has 1 aromatic carbocycles. The molecule has 3 nitrogen and oxygen atoms in total. The number of hydrogen-bond donors (Lipinski definition) is 1. The van der Waals surface area contributed by atoms with Crippen molar-refractivity contribution in [2.45, 2.75) is 23.9 Å². The molecule has 0 bridgehead atoms. The molecule has 0 spiro atoms. The molecule has 1 heterocycles. The Balaban J connectivity index is 2.05. The average Bonchev–Trinajstić information content (AvgIpc) is 3.01. The number of benzene rings is 1. The van der Waals surface area contributed by atoms with Gasteiger partial charge in [-0.25, -0.2) is 0 Å². The summed E-state index contributed by atoms with van der Waals surface area (Å²) < 4.78 is 10.8. The van der Waals surface area contributed by atoms with Gasteiger partial charge in [-0.15, -0.1) is 11.8 Å². The Morgan fingerprint density at radius 3 is 2.55 bits per heavy atom. The summed E-state index contributed by atoms with van der Waals surface area (Å²) in [4.78, 5) is 1.28. The second kappa shape index (κ2) is 7.53. The van der Waals surface area contributed by atoms with E-state index in [2.05, 4.69) is 42.8 Å². The van der Waals surface area contributed by atoms with Gasteiger partial charge in [-0.2, -0.15) is 0 Å². The predicted octanol–water partition coefficient (Wildman–Crippen LogP) is 4.04. The zero-order valence-corrected chi connectivity index (χ0v) is 12.9. The molecule has 2 atom stereocenters. The first-order chi connectivity index (χ1) is 9.74. The van der Waals surface area contributed by atoms with Crippen LogP contribution in [-0.2, 0) is 4.74 Å². The fourth-order valence-corrected chi connectivity index (χ4v) is 2.57. The van der Waals surface area contributed by atoms with E-state index in [0.29, 0.717) is 6.61 Å². The summed E-state index contributed by atoms with van der Waals surface area (Å²) in [7, 11) is 1.70. The Morgan fingerprint density at radius 1 is 1.25 bits per heavy atom. The number of hydrogen-bond acceptors (Lipinski definition) is 4. The first kappa shape index (κ1) is 15.2. The number of ether oxygens (including phenoxy) is 1. The van der Waals surface area contributed by atoms with Crippen LogP contribution in [0.1, 0.15) is 30.3 Å². The van der Waals surface area contributed by atoms with Crippen molar-refractivity contribution in [2.24, 2.45) is 0 Å². The van der Waals surface area contributed by atoms with E-state index in [1.165, 1.54) is 10.5 Å². The van der Waals surface area contributed by atoms with E-state index < -0.39 is 0 Å². The highest BCUT2D eigenvalue weighted by atomic mass is 32.2. The van der Waals surface area contributed by atoms with Gasteiger partial charge in [0.25, 0.3) is 0 Å². The first-order valence-electron chi connectivity index (χ1n) is 6.67. The van der Waals surface area contributed by atoms with Crippen LogP contribution in [0.4, 0.5) is 0 Å². The van der Waals surface area contributed by atoms with Gasteiger partial charge < -0.3 is 9.15 Å². The number of rotatable bonds is 7. The van der Waals surface area contributed by atoms with Gasteiger partial charge in [0, 0.05) is 18.0 Å². The van der Waals surface area contributed by atoms with Gasteiger partial charge >= 0.3 is 0 Å². The maximum atomic E-state index is 5.48. The molecule has 1 N–H and O–H groups in total. The fourth-order valence-electron chi connectivity index (χ4n) is 2.16. The molecular formula is C16H21NO2S. The molecule has 108 valence electrons. The Hall–Kier alpha value is -1.23. The van der Waals surface area contributed by atoms with Gasteiger partial charge in [0.2, 0.25) is 0 Å². The zero-order chi connectivity index (χ0) is 14.4. The summed E-state index contributed by atoms with van der Waals surface area (Å²) in [6.07, 6.45) is 3.78. The summed E-state index contributed by atoms with van der Waals surface area (Å²) in [5.74, 6) is 0.902. The molecule has 0 aliphatic rings. The summed E-state index contributed by atoms with van der Waals surface area (Å²) >= 11 is 1.75. The van der Waals surface area contributed by atoms with Crippen molar-refractivity contribution in [3.05, 3.63) is 54.0 Å². The van der Waals surface area contributed by atoms with E-state index in [0.717, 1.165) is 5.76 Å². The molecule has 0 unspecified atom stereocenters. The molecule has 2 aromatic rings. The molecule has 0 amide bonds. The van der Waals surface area contributed by atoms with E-state index in [4.69, 9.17) is 9.15 Å². The van der Waals surface area contributed by atoms with Crippen LogP contribution in [0.15, 0.2) is 52.0 Å². The van der Waals surface area contributed by atoms with Crippen LogP contribution < -0.4 is 5.32 Å². The second-order valence-electron chi connectivity index (χ2n) is 4.68. The summed E-state index contributed by atoms with van der Waals surface area (Å²) in [5.41, 5.74) is 1.26. The molecule has 1 aromatic heterocycles. The molecular weight excluding hydrogens is 270 g/mol. The Morgan fingerprint density at radius 2 is 2.00 bits per heavy atom. The predicted molar refractivity (Wildman–Crippen MR) is 83.1 cm³/mol. The molecule has 0 radical (unpaired) electrons.